The van der Waals surface area contributed by atoms with Crippen LogP contribution in [-0.2, 0) is 6.42 Å². The van der Waals surface area contributed by atoms with Crippen LogP contribution < -0.4 is 10.6 Å². The number of benzene rings is 1. The Balaban J connectivity index is 2.15. The molecule has 2 rings (SSSR count). The molecule has 1 atom stereocenters. The van der Waals surface area contributed by atoms with Crippen LogP contribution >= 0.6 is 11.3 Å². The number of anilines is 2. The minimum atomic E-state index is 0.159. The van der Waals surface area contributed by atoms with Gasteiger partial charge in [0.2, 0.25) is 0 Å². The first-order valence-electron chi connectivity index (χ1n) is 5.65. The number of aromatic nitrogens is 1. The Morgan fingerprint density at radius 2 is 2.06 bits per heavy atom. The highest BCUT2D eigenvalue weighted by atomic mass is 32.1. The number of rotatable bonds is 4. The SMILES string of the molecule is CC(N)Cc1csc(N(C)c2ccccc2)n1. The van der Waals surface area contributed by atoms with E-state index in [2.05, 4.69) is 27.4 Å². The maximum absolute atomic E-state index is 5.77. The van der Waals surface area contributed by atoms with Gasteiger partial charge < -0.3 is 10.6 Å². The molecule has 0 aliphatic carbocycles. The molecule has 3 nitrogen and oxygen atoms in total. The number of hydrogen-bond acceptors (Lipinski definition) is 4. The molecule has 2 N–H and O–H groups in total. The van der Waals surface area contributed by atoms with Gasteiger partial charge in [-0.2, -0.15) is 0 Å². The molecule has 90 valence electrons. The summed E-state index contributed by atoms with van der Waals surface area (Å²) in [6, 6.07) is 10.4. The van der Waals surface area contributed by atoms with Crippen molar-refractivity contribution in [2.24, 2.45) is 5.73 Å². The van der Waals surface area contributed by atoms with Crippen LogP contribution in [0.1, 0.15) is 12.6 Å². The molecule has 1 aromatic carbocycles. The fourth-order valence-corrected chi connectivity index (χ4v) is 2.46. The van der Waals surface area contributed by atoms with Gasteiger partial charge in [-0.15, -0.1) is 11.3 Å². The van der Waals surface area contributed by atoms with E-state index in [0.717, 1.165) is 22.9 Å². The van der Waals surface area contributed by atoms with Crippen molar-refractivity contribution in [3.05, 3.63) is 41.4 Å². The third kappa shape index (κ3) is 3.05. The number of hydrogen-bond donors (Lipinski definition) is 1. The highest BCUT2D eigenvalue weighted by Gasteiger charge is 2.09. The lowest BCUT2D eigenvalue weighted by atomic mass is 10.2. The first-order chi connectivity index (χ1) is 8.16. The Morgan fingerprint density at radius 3 is 2.71 bits per heavy atom. The standard InChI is InChI=1S/C13H17N3S/c1-10(14)8-11-9-17-13(15-11)16(2)12-6-4-3-5-7-12/h3-7,9-10H,8,14H2,1-2H3. The predicted molar refractivity (Wildman–Crippen MR) is 74.0 cm³/mol. The van der Waals surface area contributed by atoms with Gasteiger partial charge in [0.1, 0.15) is 0 Å². The maximum Gasteiger partial charge on any atom is 0.189 e. The first kappa shape index (κ1) is 12.1. The van der Waals surface area contributed by atoms with Crippen LogP contribution in [0.25, 0.3) is 0 Å². The molecule has 0 aliphatic rings. The largest absolute Gasteiger partial charge is 0.328 e. The third-order valence-electron chi connectivity index (χ3n) is 2.50. The first-order valence-corrected chi connectivity index (χ1v) is 6.53. The zero-order valence-electron chi connectivity index (χ0n) is 10.1. The van der Waals surface area contributed by atoms with Crippen LogP contribution in [0.2, 0.25) is 0 Å². The summed E-state index contributed by atoms with van der Waals surface area (Å²) in [7, 11) is 2.03. The van der Waals surface area contributed by atoms with Gasteiger partial charge in [0.25, 0.3) is 0 Å². The van der Waals surface area contributed by atoms with Crippen LogP contribution in [0.5, 0.6) is 0 Å². The molecule has 0 saturated heterocycles. The van der Waals surface area contributed by atoms with Gasteiger partial charge in [-0.3, -0.25) is 0 Å². The van der Waals surface area contributed by atoms with Gasteiger partial charge in [-0.25, -0.2) is 4.98 Å². The Labute approximate surface area is 106 Å². The summed E-state index contributed by atoms with van der Waals surface area (Å²) in [5.41, 5.74) is 7.99. The zero-order valence-corrected chi connectivity index (χ0v) is 10.9. The summed E-state index contributed by atoms with van der Waals surface area (Å²) in [6.07, 6.45) is 0.832. The van der Waals surface area contributed by atoms with Crippen molar-refractivity contribution in [3.63, 3.8) is 0 Å². The molecule has 17 heavy (non-hydrogen) atoms. The van der Waals surface area contributed by atoms with Gasteiger partial charge in [0.05, 0.1) is 5.69 Å². The quantitative estimate of drug-likeness (QED) is 0.903. The topological polar surface area (TPSA) is 42.1 Å². The van der Waals surface area contributed by atoms with Crippen molar-refractivity contribution in [1.82, 2.24) is 4.98 Å². The van der Waals surface area contributed by atoms with Crippen molar-refractivity contribution < 1.29 is 0 Å². The van der Waals surface area contributed by atoms with Crippen LogP contribution in [0.4, 0.5) is 10.8 Å². The lowest BCUT2D eigenvalue weighted by Crippen LogP contribution is -2.18. The van der Waals surface area contributed by atoms with Gasteiger partial charge in [0.15, 0.2) is 5.13 Å². The number of para-hydroxylation sites is 1. The van der Waals surface area contributed by atoms with E-state index >= 15 is 0 Å². The third-order valence-corrected chi connectivity index (χ3v) is 3.47. The lowest BCUT2D eigenvalue weighted by Gasteiger charge is -2.15. The molecule has 0 saturated carbocycles. The Hall–Kier alpha value is -1.39. The Morgan fingerprint density at radius 1 is 1.35 bits per heavy atom. The van der Waals surface area contributed by atoms with Crippen molar-refractivity contribution in [3.8, 4) is 0 Å². The summed E-state index contributed by atoms with van der Waals surface area (Å²) in [5, 5.41) is 3.09. The molecule has 0 fully saturated rings. The van der Waals surface area contributed by atoms with E-state index in [1.807, 2.05) is 32.2 Å². The normalized spacial score (nSPS) is 12.4. The van der Waals surface area contributed by atoms with Crippen molar-refractivity contribution >= 4 is 22.2 Å². The Bertz CT molecular complexity index is 465. The monoisotopic (exact) mass is 247 g/mol. The van der Waals surface area contributed by atoms with Crippen molar-refractivity contribution in [2.45, 2.75) is 19.4 Å². The fourth-order valence-electron chi connectivity index (χ4n) is 1.64. The Kier molecular flexibility index (Phi) is 3.76. The molecule has 4 heteroatoms. The molecular weight excluding hydrogens is 230 g/mol. The second kappa shape index (κ2) is 5.29. The molecule has 0 bridgehead atoms. The number of thiazole rings is 1. The molecule has 0 aliphatic heterocycles. The maximum atomic E-state index is 5.77. The van der Waals surface area contributed by atoms with Crippen LogP contribution in [0.15, 0.2) is 35.7 Å². The summed E-state index contributed by atoms with van der Waals surface area (Å²) in [4.78, 5) is 6.68. The molecule has 0 amide bonds. The average Bonchev–Trinajstić information content (AvgIpc) is 2.77. The van der Waals surface area contributed by atoms with Crippen LogP contribution in [0, 0.1) is 0 Å². The van der Waals surface area contributed by atoms with Gasteiger partial charge in [-0.1, -0.05) is 18.2 Å². The van der Waals surface area contributed by atoms with E-state index < -0.39 is 0 Å². The van der Waals surface area contributed by atoms with E-state index in [1.165, 1.54) is 0 Å². The van der Waals surface area contributed by atoms with Crippen molar-refractivity contribution in [1.29, 1.82) is 0 Å². The summed E-state index contributed by atoms with van der Waals surface area (Å²) >= 11 is 1.65. The molecule has 0 spiro atoms. The molecule has 2 aromatic rings. The second-order valence-corrected chi connectivity index (χ2v) is 5.03. The van der Waals surface area contributed by atoms with Gasteiger partial charge >= 0.3 is 0 Å². The lowest BCUT2D eigenvalue weighted by molar-refractivity contribution is 0.725. The van der Waals surface area contributed by atoms with E-state index in [1.54, 1.807) is 11.3 Å². The smallest absolute Gasteiger partial charge is 0.189 e. The van der Waals surface area contributed by atoms with Gasteiger partial charge in [-0.05, 0) is 19.1 Å². The second-order valence-electron chi connectivity index (χ2n) is 4.20. The molecule has 1 unspecified atom stereocenters. The highest BCUT2D eigenvalue weighted by molar-refractivity contribution is 7.13. The highest BCUT2D eigenvalue weighted by Crippen LogP contribution is 2.26. The minimum absolute atomic E-state index is 0.159. The predicted octanol–water partition coefficient (Wildman–Crippen LogP) is 2.80. The van der Waals surface area contributed by atoms with Crippen LogP contribution in [0.3, 0.4) is 0 Å². The molecular formula is C13H17N3S. The van der Waals surface area contributed by atoms with E-state index in [4.69, 9.17) is 5.73 Å². The minimum Gasteiger partial charge on any atom is -0.328 e. The summed E-state index contributed by atoms with van der Waals surface area (Å²) < 4.78 is 0. The van der Waals surface area contributed by atoms with Crippen LogP contribution in [-0.4, -0.2) is 18.1 Å². The van der Waals surface area contributed by atoms with E-state index in [-0.39, 0.29) is 6.04 Å². The van der Waals surface area contributed by atoms with Crippen molar-refractivity contribution in [2.75, 3.05) is 11.9 Å². The van der Waals surface area contributed by atoms with E-state index in [9.17, 15) is 0 Å². The van der Waals surface area contributed by atoms with Gasteiger partial charge in [0, 0.05) is 30.6 Å². The zero-order chi connectivity index (χ0) is 12.3. The number of nitrogens with zero attached hydrogens (tertiary/aromatic N) is 2. The molecule has 1 heterocycles. The average molecular weight is 247 g/mol. The fraction of sp³-hybridized carbons (Fsp3) is 0.308. The molecule has 0 radical (unpaired) electrons. The number of nitrogens with two attached hydrogens (primary N) is 1. The molecule has 1 aromatic heterocycles. The van der Waals surface area contributed by atoms with E-state index in [0.29, 0.717) is 0 Å². The summed E-state index contributed by atoms with van der Waals surface area (Å²) in [5.74, 6) is 0. The summed E-state index contributed by atoms with van der Waals surface area (Å²) in [6.45, 7) is 2.00.